The van der Waals surface area contributed by atoms with Gasteiger partial charge in [-0.05, 0) is 41.9 Å². The third kappa shape index (κ3) is 3.60. The Morgan fingerprint density at radius 1 is 1.17 bits per heavy atom. The summed E-state index contributed by atoms with van der Waals surface area (Å²) in [5.74, 6) is -0.552. The maximum Gasteiger partial charge on any atom is 0.184 e. The largest absolute Gasteiger partial charge is 0.496 e. The van der Waals surface area contributed by atoms with Crippen LogP contribution in [0.1, 0.15) is 10.6 Å². The van der Waals surface area contributed by atoms with Gasteiger partial charge in [-0.15, -0.1) is 0 Å². The molecule has 0 aliphatic rings. The van der Waals surface area contributed by atoms with Crippen LogP contribution in [0.2, 0.25) is 0 Å². The zero-order valence-corrected chi connectivity index (χ0v) is 17.2. The fourth-order valence-corrected chi connectivity index (χ4v) is 5.18. The predicted molar refractivity (Wildman–Crippen MR) is 109 cm³/mol. The van der Waals surface area contributed by atoms with E-state index in [0.717, 1.165) is 17.7 Å². The lowest BCUT2D eigenvalue weighted by molar-refractivity contribution is 0.416. The van der Waals surface area contributed by atoms with Gasteiger partial charge in [-0.3, -0.25) is 4.98 Å². The maximum absolute atomic E-state index is 14.6. The van der Waals surface area contributed by atoms with Gasteiger partial charge in [0.25, 0.3) is 0 Å². The minimum absolute atomic E-state index is 0.0203. The second-order valence-corrected chi connectivity index (χ2v) is 9.14. The van der Waals surface area contributed by atoms with Crippen molar-refractivity contribution in [2.24, 2.45) is 0 Å². The first-order valence-corrected chi connectivity index (χ1v) is 11.0. The minimum atomic E-state index is -3.73. The molecule has 0 unspecified atom stereocenters. The van der Waals surface area contributed by atoms with Gasteiger partial charge in [-0.2, -0.15) is 9.64 Å². The molecule has 0 saturated carbocycles. The summed E-state index contributed by atoms with van der Waals surface area (Å²) in [5, 5.41) is 9.98. The van der Waals surface area contributed by atoms with Crippen molar-refractivity contribution < 1.29 is 17.5 Å². The lowest BCUT2D eigenvalue weighted by Crippen LogP contribution is -2.05. The predicted octanol–water partition coefficient (Wildman–Crippen LogP) is 3.75. The molecule has 0 amide bonds. The van der Waals surface area contributed by atoms with Crippen LogP contribution < -0.4 is 4.74 Å². The summed E-state index contributed by atoms with van der Waals surface area (Å²) in [6.07, 6.45) is 2.33. The van der Waals surface area contributed by atoms with Crippen LogP contribution in [0, 0.1) is 17.1 Å². The van der Waals surface area contributed by atoms with Gasteiger partial charge in [0.1, 0.15) is 28.7 Å². The molecule has 4 rings (SSSR count). The highest BCUT2D eigenvalue weighted by atomic mass is 32.2. The summed E-state index contributed by atoms with van der Waals surface area (Å²) in [6, 6.07) is 11.1. The first-order chi connectivity index (χ1) is 14.4. The summed E-state index contributed by atoms with van der Waals surface area (Å²) >= 11 is 0.997. The fraction of sp³-hybridized carbons (Fsp3) is 0.100. The van der Waals surface area contributed by atoms with Crippen LogP contribution in [-0.4, -0.2) is 29.9 Å². The quantitative estimate of drug-likeness (QED) is 0.465. The van der Waals surface area contributed by atoms with Crippen LogP contribution in [0.5, 0.6) is 5.75 Å². The van der Waals surface area contributed by atoms with Gasteiger partial charge in [0.15, 0.2) is 9.84 Å². The van der Waals surface area contributed by atoms with Crippen LogP contribution in [0.4, 0.5) is 4.39 Å². The van der Waals surface area contributed by atoms with Gasteiger partial charge in [-0.1, -0.05) is 6.07 Å². The van der Waals surface area contributed by atoms with E-state index < -0.39 is 15.7 Å². The molecule has 0 spiro atoms. The van der Waals surface area contributed by atoms with Gasteiger partial charge in [0.05, 0.1) is 35.5 Å². The average molecular weight is 440 g/mol. The standard InChI is InChI=1S/C20H13FN4O3S2/c1-28-18-6-12(8-22)2-4-15(18)20-14-5-3-13(7-16(14)17(21)9-23-20)30(26,27)10-19-24-11-25-29-19/h2-7,9,11H,10H2,1H3. The molecule has 2 heterocycles. The van der Waals surface area contributed by atoms with Crippen molar-refractivity contribution in [3.63, 3.8) is 0 Å². The number of nitrogens with zero attached hydrogens (tertiary/aromatic N) is 4. The van der Waals surface area contributed by atoms with Crippen LogP contribution in [-0.2, 0) is 15.6 Å². The molecule has 0 aliphatic heterocycles. The number of methoxy groups -OCH3 is 1. The number of hydrogen-bond donors (Lipinski definition) is 0. The zero-order chi connectivity index (χ0) is 21.3. The first kappa shape index (κ1) is 19.9. The summed E-state index contributed by atoms with van der Waals surface area (Å²) in [7, 11) is -2.27. The van der Waals surface area contributed by atoms with E-state index in [2.05, 4.69) is 14.3 Å². The third-order valence-corrected chi connectivity index (χ3v) is 6.94. The van der Waals surface area contributed by atoms with Gasteiger partial charge >= 0.3 is 0 Å². The molecule has 0 bridgehead atoms. The molecule has 4 aromatic rings. The summed E-state index contributed by atoms with van der Waals surface area (Å²) in [4.78, 5) is 8.07. The Labute approximate surface area is 175 Å². The summed E-state index contributed by atoms with van der Waals surface area (Å²) in [5.41, 5.74) is 1.39. The number of hydrogen-bond acceptors (Lipinski definition) is 8. The van der Waals surface area contributed by atoms with E-state index in [1.54, 1.807) is 18.2 Å². The van der Waals surface area contributed by atoms with Crippen LogP contribution in [0.25, 0.3) is 22.0 Å². The lowest BCUT2D eigenvalue weighted by atomic mass is 10.0. The molecular formula is C20H13FN4O3S2. The molecule has 0 fully saturated rings. The van der Waals surface area contributed by atoms with Crippen molar-refractivity contribution >= 4 is 32.1 Å². The second kappa shape index (κ2) is 7.78. The molecule has 30 heavy (non-hydrogen) atoms. The number of benzene rings is 2. The Morgan fingerprint density at radius 3 is 2.70 bits per heavy atom. The van der Waals surface area contributed by atoms with E-state index in [1.165, 1.54) is 31.6 Å². The molecule has 0 saturated heterocycles. The normalized spacial score (nSPS) is 11.4. The van der Waals surface area contributed by atoms with E-state index in [4.69, 9.17) is 10.00 Å². The molecule has 150 valence electrons. The SMILES string of the molecule is COc1cc(C#N)ccc1-c1ncc(F)c2cc(S(=O)(=O)Cc3ncns3)ccc12. The van der Waals surface area contributed by atoms with Gasteiger partial charge in [0.2, 0.25) is 0 Å². The number of aromatic nitrogens is 3. The topological polar surface area (TPSA) is 106 Å². The van der Waals surface area contributed by atoms with Gasteiger partial charge in [-0.25, -0.2) is 17.8 Å². The van der Waals surface area contributed by atoms with Crippen molar-refractivity contribution in [3.05, 3.63) is 65.3 Å². The van der Waals surface area contributed by atoms with Crippen molar-refractivity contribution in [1.82, 2.24) is 14.3 Å². The van der Waals surface area contributed by atoms with Crippen molar-refractivity contribution in [3.8, 4) is 23.1 Å². The number of nitriles is 1. The molecular weight excluding hydrogens is 427 g/mol. The molecule has 0 radical (unpaired) electrons. The number of ether oxygens (including phenoxy) is 1. The molecule has 7 nitrogen and oxygen atoms in total. The number of halogens is 1. The Bertz CT molecular complexity index is 1400. The van der Waals surface area contributed by atoms with Gasteiger partial charge < -0.3 is 4.74 Å². The average Bonchev–Trinajstić information content (AvgIpc) is 3.26. The van der Waals surface area contributed by atoms with E-state index >= 15 is 0 Å². The Kier molecular flexibility index (Phi) is 5.15. The fourth-order valence-electron chi connectivity index (χ4n) is 3.06. The maximum atomic E-state index is 14.6. The number of sulfone groups is 1. The highest BCUT2D eigenvalue weighted by Gasteiger charge is 2.20. The molecule has 2 aromatic heterocycles. The van der Waals surface area contributed by atoms with Crippen molar-refractivity contribution in [2.75, 3.05) is 7.11 Å². The highest BCUT2D eigenvalue weighted by Crippen LogP contribution is 2.36. The monoisotopic (exact) mass is 440 g/mol. The van der Waals surface area contributed by atoms with E-state index in [1.807, 2.05) is 6.07 Å². The molecule has 0 atom stereocenters. The number of rotatable bonds is 5. The Morgan fingerprint density at radius 2 is 2.00 bits per heavy atom. The Hall–Kier alpha value is -3.42. The van der Waals surface area contributed by atoms with Crippen LogP contribution >= 0.6 is 11.5 Å². The summed E-state index contributed by atoms with van der Waals surface area (Å²) in [6.45, 7) is 0. The number of pyridine rings is 1. The molecule has 2 aromatic carbocycles. The van der Waals surface area contributed by atoms with Crippen molar-refractivity contribution in [1.29, 1.82) is 5.26 Å². The summed E-state index contributed by atoms with van der Waals surface area (Å²) < 4.78 is 49.2. The lowest BCUT2D eigenvalue weighted by Gasteiger charge is -2.12. The smallest absolute Gasteiger partial charge is 0.184 e. The minimum Gasteiger partial charge on any atom is -0.496 e. The van der Waals surface area contributed by atoms with E-state index in [0.29, 0.717) is 33.0 Å². The number of fused-ring (bicyclic) bond motifs is 1. The third-order valence-electron chi connectivity index (χ3n) is 4.48. The van der Waals surface area contributed by atoms with E-state index in [9.17, 15) is 12.8 Å². The Balaban J connectivity index is 1.86. The first-order valence-electron chi connectivity index (χ1n) is 8.58. The van der Waals surface area contributed by atoms with E-state index in [-0.39, 0.29) is 16.0 Å². The van der Waals surface area contributed by atoms with Crippen LogP contribution in [0.3, 0.4) is 0 Å². The highest BCUT2D eigenvalue weighted by molar-refractivity contribution is 7.90. The molecule has 0 N–H and O–H groups in total. The van der Waals surface area contributed by atoms with Crippen LogP contribution in [0.15, 0.2) is 53.8 Å². The zero-order valence-electron chi connectivity index (χ0n) is 15.5. The van der Waals surface area contributed by atoms with Crippen molar-refractivity contribution in [2.45, 2.75) is 10.6 Å². The molecule has 0 aliphatic carbocycles. The second-order valence-electron chi connectivity index (χ2n) is 6.28. The van der Waals surface area contributed by atoms with Gasteiger partial charge in [0, 0.05) is 16.3 Å². The molecule has 10 heteroatoms.